The largest absolute Gasteiger partial charge is 0.0458 e. The maximum absolute atomic E-state index is 1.93. The zero-order chi connectivity index (χ0) is 48.1. The normalized spacial score (nSPS) is 157. The molecule has 72 aliphatic rings. The molecule has 0 aromatic carbocycles. The minimum absolute atomic E-state index is 1.12. The zero-order valence-electron chi connectivity index (χ0n) is 48.1. The quantitative estimate of drug-likeness (QED) is 0.264. The van der Waals surface area contributed by atoms with Crippen LogP contribution in [0, 0.1) is 481 Å². The Morgan fingerprint density at radius 2 is 0.211 bits per heavy atom. The Balaban J connectivity index is 0.657. The van der Waals surface area contributed by atoms with Crippen molar-refractivity contribution >= 4 is 0 Å². The lowest BCUT2D eigenvalue weighted by molar-refractivity contribution is -1.19. The average Bonchev–Trinajstić information content (AvgIpc) is 0.395. The zero-order valence-corrected chi connectivity index (χ0v) is 48.1. The van der Waals surface area contributed by atoms with Gasteiger partial charge in [-0.25, -0.2) is 0 Å². The maximum atomic E-state index is 1.93. The molecule has 0 nitrogen and oxygen atoms in total. The second-order valence-corrected chi connectivity index (χ2v) is 61.1. The van der Waals surface area contributed by atoms with Crippen LogP contribution in [-0.2, 0) is 0 Å². The molecule has 0 radical (unpaired) electrons. The van der Waals surface area contributed by atoms with Gasteiger partial charge in [0.1, 0.15) is 0 Å². The monoisotopic (exact) mass is 1120 g/mol. The van der Waals surface area contributed by atoms with E-state index in [0.29, 0.717) is 0 Å². The highest BCUT2D eigenvalue weighted by molar-refractivity contribution is 6.79. The lowest BCUT2D eigenvalue weighted by Gasteiger charge is -3.82. The van der Waals surface area contributed by atoms with Crippen molar-refractivity contribution in [3.05, 3.63) is 75.8 Å². The fourth-order valence-electron chi connectivity index (χ4n) is 113. The lowest BCUT2D eigenvalue weighted by Crippen LogP contribution is -3.79. The van der Waals surface area contributed by atoms with E-state index >= 15 is 0 Å². The second-order valence-electron chi connectivity index (χ2n) is 61.1. The molecule has 0 heteroatoms. The summed E-state index contributed by atoms with van der Waals surface area (Å²) in [5.74, 6) is 43.4. The van der Waals surface area contributed by atoms with Crippen molar-refractivity contribution in [2.45, 2.75) is 25.7 Å². The molecule has 0 aromatic heterocycles. The highest BCUT2D eigenvalue weighted by Gasteiger charge is 3.88. The van der Waals surface area contributed by atoms with Crippen molar-refractivity contribution in [3.63, 3.8) is 0 Å². The van der Waals surface area contributed by atoms with Crippen LogP contribution in [0.5, 0.6) is 0 Å². The fourth-order valence-corrected chi connectivity index (χ4v) is 113. The second kappa shape index (κ2) is 3.73. The Hall–Kier alpha value is 0. The first-order valence-electron chi connectivity index (χ1n) is 44.8. The van der Waals surface area contributed by atoms with Gasteiger partial charge in [-0.1, -0.05) is 0 Å². The molecule has 72 aliphatic carbocycles. The molecule has 76 unspecified atom stereocenters. The van der Waals surface area contributed by atoms with Gasteiger partial charge >= 0.3 is 0 Å². The van der Waals surface area contributed by atoms with Crippen molar-refractivity contribution in [1.82, 2.24) is 0 Å². The molecular formula is C90H38. The number of hydrogen-bond acceptors (Lipinski definition) is 0. The first-order valence-corrected chi connectivity index (χ1v) is 44.8. The van der Waals surface area contributed by atoms with Gasteiger partial charge in [-0.15, -0.1) is 0 Å². The average molecular weight is 1120 g/mol. The molecule has 0 saturated heterocycles. The third kappa shape index (κ3) is 0.484. The lowest BCUT2D eigenvalue weighted by atomic mass is 8.19. The summed E-state index contributed by atoms with van der Waals surface area (Å²) < 4.78 is 0. The smallest absolute Gasteiger partial charge is 0.000000613 e. The number of hydrogen-bond donors (Lipinski definition) is 0. The number of fused-ring (bicyclic) bond motifs is 26. The minimum atomic E-state index is 1.12. The van der Waals surface area contributed by atoms with E-state index in [2.05, 4.69) is 0 Å². The van der Waals surface area contributed by atoms with Crippen LogP contribution in [0.25, 0.3) is 0 Å². The summed E-state index contributed by atoms with van der Waals surface area (Å²) in [6, 6.07) is 0. The Morgan fingerprint density at radius 3 is 0.378 bits per heavy atom. The van der Waals surface area contributed by atoms with Gasteiger partial charge in [0.25, 0.3) is 0 Å². The molecule has 72 fully saturated rings. The van der Waals surface area contributed by atoms with Crippen LogP contribution in [0.1, 0.15) is 25.7 Å². The van der Waals surface area contributed by atoms with Gasteiger partial charge in [-0.2, -0.15) is 0 Å². The van der Waals surface area contributed by atoms with Crippen LogP contribution in [0.4, 0.5) is 0 Å². The van der Waals surface area contributed by atoms with Crippen molar-refractivity contribution in [2.75, 3.05) is 0 Å². The summed E-state index contributed by atoms with van der Waals surface area (Å²) in [4.78, 5) is 0. The van der Waals surface area contributed by atoms with Crippen molar-refractivity contribution < 1.29 is 0 Å². The molecule has 0 bridgehead atoms. The maximum Gasteiger partial charge on any atom is -0.000000613 e. The van der Waals surface area contributed by atoms with Crippen LogP contribution in [-0.4, -0.2) is 0 Å². The predicted molar refractivity (Wildman–Crippen MR) is 271 cm³/mol. The Bertz CT molecular complexity index is 6680. The molecule has 0 aromatic rings. The van der Waals surface area contributed by atoms with Gasteiger partial charge in [0.2, 0.25) is 0 Å². The predicted octanol–water partition coefficient (Wildman–Crippen LogP) is 6.39. The molecule has 0 N–H and O–H groups in total. The van der Waals surface area contributed by atoms with Gasteiger partial charge in [0.05, 0.1) is 0 Å². The summed E-state index contributed by atoms with van der Waals surface area (Å²) in [5.41, 5.74) is 64.9. The minimum Gasteiger partial charge on any atom is -0.0458 e. The van der Waals surface area contributed by atoms with Gasteiger partial charge in [-0.3, -0.25) is 0 Å². The van der Waals surface area contributed by atoms with Crippen LogP contribution in [0.3, 0.4) is 0 Å². The van der Waals surface area contributed by atoms with Crippen LogP contribution >= 0.6 is 0 Å². The first-order chi connectivity index (χ1) is 44.8. The summed E-state index contributed by atoms with van der Waals surface area (Å²) in [5, 5.41) is 0. The van der Waals surface area contributed by atoms with Gasteiger partial charge in [0.15, 0.2) is 0 Å². The van der Waals surface area contributed by atoms with Gasteiger partial charge in [-0.05, 0) is 506 Å². The van der Waals surface area contributed by atoms with E-state index in [-0.39, 0.29) is 0 Å². The number of rotatable bonds is 0. The Labute approximate surface area is 503 Å². The third-order valence-electron chi connectivity index (χ3n) is 85.1. The van der Waals surface area contributed by atoms with Crippen LogP contribution in [0.15, 0.2) is 0 Å². The van der Waals surface area contributed by atoms with Crippen LogP contribution < -0.4 is 0 Å². The molecule has 76 atom stereocenters. The third-order valence-corrected chi connectivity index (χ3v) is 85.1. The molecule has 398 valence electrons. The molecule has 90 heavy (non-hydrogen) atoms. The van der Waals surface area contributed by atoms with Crippen LogP contribution in [0.2, 0.25) is 0 Å². The first kappa shape index (κ1) is 27.5. The van der Waals surface area contributed by atoms with E-state index in [0.717, 1.165) is 162 Å². The molecule has 0 aliphatic heterocycles. The van der Waals surface area contributed by atoms with Crippen molar-refractivity contribution in [2.24, 2.45) is 405 Å². The SMILES string of the molecule is C1C2C3C4C5C6C7C8CC9C%10C%11C%12C%13C%14C%15C%16CC%17C%18C%19C%20C%21C%22C%23CC%24C%25C%26C%27C%28C%29C%30C1C21C32C43C54C65C76C89C%107C%118C%129C%13%10C%14%11C%15%12C%17%16C%18%13C%19%14C%20%15C%21%16C%22%17C%23%24C%25%18C%26%19C%27%20C%28%21C%29%22C%301C21C32C43C54C67C85C96C%107C%118C%13%12C%149C%15%10C%16%11C%17%18C%19%12C%20%13C%21%14C%221C21C32C45C63C74C98C%105C%11%12C%136C%141C23C564. The van der Waals surface area contributed by atoms with E-state index in [9.17, 15) is 0 Å². The van der Waals surface area contributed by atoms with E-state index in [1.165, 1.54) is 318 Å². The summed E-state index contributed by atoms with van der Waals surface area (Å²) in [7, 11) is 0. The standard InChI is InChI=1S/C90H38/c1-5-13-21-29-22-14-6-2-11-19-27-33-34-28-20-12-4-8-16-24-30-23-15-7-3-10-18-26-32-31-25-17-9(1)35(5)39(13)47(21)55(29)48(22)40(14)36(6,11)45(19)53(27)59(33)60(34)54(28)46(20)38(8,12)42(16)50(24)56(30)49(23)41(15)37(7,10)44(18)52(26)58(32)57(31)51(25)43(17,35)61(39)65(47)73(55)66(48)62(40,45)71(53)77(59)78(60)72(54)64(42,46)68(50)74(56)67(49)63(41,44)70(52)76(58)75(57)69(51,61)79(65)83(73)80(66,71)87(77)88(78)82(68,72)84(74)81(67,70)86(76)85(75,79)89(83,87)90(84,86)88/h5-34H,1-4H2. The molecule has 0 amide bonds. The van der Waals surface area contributed by atoms with E-state index < -0.39 is 0 Å². The Kier molecular flexibility index (Phi) is 1.14. The van der Waals surface area contributed by atoms with E-state index in [4.69, 9.17) is 0 Å². The van der Waals surface area contributed by atoms with Crippen molar-refractivity contribution in [1.29, 1.82) is 0 Å². The molecular weight excluding hydrogens is 1080 g/mol. The van der Waals surface area contributed by atoms with Crippen molar-refractivity contribution in [3.8, 4) is 0 Å². The summed E-state index contributed by atoms with van der Waals surface area (Å²) in [6.45, 7) is 0. The molecule has 72 rings (SSSR count). The van der Waals surface area contributed by atoms with Gasteiger partial charge < -0.3 is 0 Å². The summed E-state index contributed by atoms with van der Waals surface area (Å²) >= 11 is 0. The highest BCUT2D eigenvalue weighted by Crippen LogP contribution is 3.92. The topological polar surface area (TPSA) is 0 Å². The van der Waals surface area contributed by atoms with E-state index in [1.807, 2.05) is 25.7 Å². The fraction of sp³-hybridized carbons (Fsp3) is 1.00. The molecule has 72 saturated carbocycles. The Morgan fingerprint density at radius 1 is 0.100 bits per heavy atom. The highest BCUT2D eigenvalue weighted by atomic mass is 15.9. The molecule has 0 heterocycles. The van der Waals surface area contributed by atoms with Gasteiger partial charge in [0, 0.05) is 0 Å². The summed E-state index contributed by atoms with van der Waals surface area (Å²) in [6.07, 6.45) is 7.72. The van der Waals surface area contributed by atoms with E-state index in [1.54, 1.807) is 0 Å². The molecule has 56 spiro atoms.